The van der Waals surface area contributed by atoms with Gasteiger partial charge in [-0.2, -0.15) is 5.10 Å². The smallest absolute Gasteiger partial charge is 0.292 e. The van der Waals surface area contributed by atoms with Crippen LogP contribution in [0.5, 0.6) is 0 Å². The minimum absolute atomic E-state index is 0.137. The Labute approximate surface area is 110 Å². The molecule has 1 saturated heterocycles. The van der Waals surface area contributed by atoms with Gasteiger partial charge in [-0.15, -0.1) is 6.42 Å². The summed E-state index contributed by atoms with van der Waals surface area (Å²) < 4.78 is 6.48. The highest BCUT2D eigenvalue weighted by molar-refractivity contribution is 6.33. The fraction of sp³-hybridized carbons (Fsp3) is 0.500. The van der Waals surface area contributed by atoms with Crippen molar-refractivity contribution in [2.45, 2.75) is 25.4 Å². The van der Waals surface area contributed by atoms with Crippen LogP contribution in [0.25, 0.3) is 0 Å². The number of hydrogen-bond donors (Lipinski definition) is 1. The molecule has 2 rings (SSSR count). The first-order chi connectivity index (χ1) is 8.72. The molecule has 5 nitrogen and oxygen atoms in total. The van der Waals surface area contributed by atoms with Crippen LogP contribution in [0, 0.1) is 12.3 Å². The van der Waals surface area contributed by atoms with E-state index in [2.05, 4.69) is 16.3 Å². The van der Waals surface area contributed by atoms with Crippen molar-refractivity contribution in [2.75, 3.05) is 18.5 Å². The van der Waals surface area contributed by atoms with Crippen molar-refractivity contribution < 1.29 is 4.74 Å². The van der Waals surface area contributed by atoms with E-state index in [1.807, 2.05) is 0 Å². The molecule has 0 aromatic carbocycles. The van der Waals surface area contributed by atoms with Crippen molar-refractivity contribution in [1.29, 1.82) is 0 Å². The standard InChI is InChI=1S/C12H14ClN3O2/c1-2-5-16-12(17)11(10(13)8-14-16)15-9-3-6-18-7-4-9/h1,8-9,15H,3-7H2. The molecule has 0 amide bonds. The van der Waals surface area contributed by atoms with E-state index in [0.717, 1.165) is 12.8 Å². The zero-order valence-corrected chi connectivity index (χ0v) is 10.6. The molecule has 0 aliphatic carbocycles. The van der Waals surface area contributed by atoms with Gasteiger partial charge in [0.1, 0.15) is 12.2 Å². The second-order valence-corrected chi connectivity index (χ2v) is 4.47. The van der Waals surface area contributed by atoms with Gasteiger partial charge in [0.2, 0.25) is 0 Å². The van der Waals surface area contributed by atoms with Gasteiger partial charge in [-0.25, -0.2) is 4.68 Å². The van der Waals surface area contributed by atoms with E-state index in [1.54, 1.807) is 0 Å². The van der Waals surface area contributed by atoms with Crippen LogP contribution >= 0.6 is 11.6 Å². The predicted molar refractivity (Wildman–Crippen MR) is 69.8 cm³/mol. The van der Waals surface area contributed by atoms with Crippen LogP contribution in [0.3, 0.4) is 0 Å². The first kappa shape index (κ1) is 12.9. The van der Waals surface area contributed by atoms with Crippen molar-refractivity contribution in [3.05, 3.63) is 21.6 Å². The first-order valence-electron chi connectivity index (χ1n) is 5.75. The molecular formula is C12H14ClN3O2. The second kappa shape index (κ2) is 5.89. The summed E-state index contributed by atoms with van der Waals surface area (Å²) >= 11 is 6.00. The van der Waals surface area contributed by atoms with E-state index >= 15 is 0 Å². The Morgan fingerprint density at radius 1 is 1.61 bits per heavy atom. The molecule has 2 heterocycles. The first-order valence-corrected chi connectivity index (χ1v) is 6.13. The average molecular weight is 268 g/mol. The quantitative estimate of drug-likeness (QED) is 0.834. The molecule has 1 aliphatic rings. The van der Waals surface area contributed by atoms with Crippen LogP contribution in [-0.2, 0) is 11.3 Å². The Hall–Kier alpha value is -1.51. The summed E-state index contributed by atoms with van der Waals surface area (Å²) in [5, 5.41) is 7.37. The van der Waals surface area contributed by atoms with E-state index in [4.69, 9.17) is 22.8 Å². The molecule has 0 unspecified atom stereocenters. The molecule has 0 spiro atoms. The van der Waals surface area contributed by atoms with E-state index in [0.29, 0.717) is 23.9 Å². The number of nitrogens with zero attached hydrogens (tertiary/aromatic N) is 2. The van der Waals surface area contributed by atoms with Crippen LogP contribution in [0.1, 0.15) is 12.8 Å². The third kappa shape index (κ3) is 2.84. The zero-order valence-electron chi connectivity index (χ0n) is 9.86. The number of aromatic nitrogens is 2. The third-order valence-corrected chi connectivity index (χ3v) is 3.09. The zero-order chi connectivity index (χ0) is 13.0. The number of anilines is 1. The lowest BCUT2D eigenvalue weighted by Crippen LogP contribution is -2.33. The Morgan fingerprint density at radius 3 is 3.00 bits per heavy atom. The maximum absolute atomic E-state index is 12.1. The van der Waals surface area contributed by atoms with Gasteiger partial charge < -0.3 is 10.1 Å². The highest BCUT2D eigenvalue weighted by Crippen LogP contribution is 2.19. The molecular weight excluding hydrogens is 254 g/mol. The Bertz CT molecular complexity index is 515. The number of hydrogen-bond acceptors (Lipinski definition) is 4. The molecule has 0 radical (unpaired) electrons. The van der Waals surface area contributed by atoms with Gasteiger partial charge in [-0.1, -0.05) is 17.5 Å². The van der Waals surface area contributed by atoms with Crippen LogP contribution < -0.4 is 10.9 Å². The number of nitrogens with one attached hydrogen (secondary N) is 1. The van der Waals surface area contributed by atoms with E-state index < -0.39 is 0 Å². The average Bonchev–Trinajstić information content (AvgIpc) is 2.39. The summed E-state index contributed by atoms with van der Waals surface area (Å²) in [6, 6.07) is 0.200. The van der Waals surface area contributed by atoms with Crippen molar-refractivity contribution in [3.63, 3.8) is 0 Å². The van der Waals surface area contributed by atoms with Crippen molar-refractivity contribution in [1.82, 2.24) is 9.78 Å². The normalized spacial score (nSPS) is 16.2. The highest BCUT2D eigenvalue weighted by atomic mass is 35.5. The summed E-state index contributed by atoms with van der Waals surface area (Å²) in [6.45, 7) is 1.52. The number of ether oxygens (including phenoxy) is 1. The second-order valence-electron chi connectivity index (χ2n) is 4.07. The molecule has 6 heteroatoms. The Kier molecular flexibility index (Phi) is 4.24. The van der Waals surface area contributed by atoms with Gasteiger partial charge in [-0.3, -0.25) is 4.79 Å². The van der Waals surface area contributed by atoms with Crippen molar-refractivity contribution in [3.8, 4) is 12.3 Å². The molecule has 1 aliphatic heterocycles. The lowest BCUT2D eigenvalue weighted by molar-refractivity contribution is 0.0904. The summed E-state index contributed by atoms with van der Waals surface area (Å²) in [7, 11) is 0. The minimum Gasteiger partial charge on any atom is -0.381 e. The van der Waals surface area contributed by atoms with E-state index in [-0.39, 0.29) is 18.1 Å². The number of rotatable bonds is 3. The van der Waals surface area contributed by atoms with Gasteiger partial charge in [0, 0.05) is 19.3 Å². The molecule has 1 aromatic heterocycles. The van der Waals surface area contributed by atoms with Gasteiger partial charge >= 0.3 is 0 Å². The van der Waals surface area contributed by atoms with E-state index in [9.17, 15) is 4.79 Å². The fourth-order valence-corrected chi connectivity index (χ4v) is 2.02. The predicted octanol–water partition coefficient (Wildman–Crippen LogP) is 1.12. The van der Waals surface area contributed by atoms with Gasteiger partial charge in [-0.05, 0) is 12.8 Å². The fourth-order valence-electron chi connectivity index (χ4n) is 1.84. The third-order valence-electron chi connectivity index (χ3n) is 2.81. The lowest BCUT2D eigenvalue weighted by atomic mass is 10.1. The molecule has 96 valence electrons. The monoisotopic (exact) mass is 267 g/mol. The Morgan fingerprint density at radius 2 is 2.33 bits per heavy atom. The van der Waals surface area contributed by atoms with Crippen LogP contribution in [0.15, 0.2) is 11.0 Å². The molecule has 1 fully saturated rings. The van der Waals surface area contributed by atoms with Gasteiger partial charge in [0.25, 0.3) is 5.56 Å². The van der Waals surface area contributed by atoms with Gasteiger partial charge in [0.15, 0.2) is 0 Å². The van der Waals surface area contributed by atoms with Crippen molar-refractivity contribution in [2.24, 2.45) is 0 Å². The SMILES string of the molecule is C#CCn1ncc(Cl)c(NC2CCOCC2)c1=O. The van der Waals surface area contributed by atoms with Crippen molar-refractivity contribution >= 4 is 17.3 Å². The van der Waals surface area contributed by atoms with Crippen LogP contribution in [-0.4, -0.2) is 29.0 Å². The Balaban J connectivity index is 2.23. The summed E-state index contributed by atoms with van der Waals surface area (Å²) in [6.07, 6.45) is 8.32. The van der Waals surface area contributed by atoms with E-state index in [1.165, 1.54) is 10.9 Å². The largest absolute Gasteiger partial charge is 0.381 e. The lowest BCUT2D eigenvalue weighted by Gasteiger charge is -2.24. The summed E-state index contributed by atoms with van der Waals surface area (Å²) in [5.74, 6) is 2.38. The minimum atomic E-state index is -0.285. The molecule has 1 aromatic rings. The van der Waals surface area contributed by atoms with Crippen LogP contribution in [0.4, 0.5) is 5.69 Å². The van der Waals surface area contributed by atoms with Crippen LogP contribution in [0.2, 0.25) is 5.02 Å². The molecule has 0 bridgehead atoms. The van der Waals surface area contributed by atoms with Gasteiger partial charge in [0.05, 0.1) is 11.2 Å². The maximum Gasteiger partial charge on any atom is 0.292 e. The molecule has 1 N–H and O–H groups in total. The highest BCUT2D eigenvalue weighted by Gasteiger charge is 2.17. The summed E-state index contributed by atoms with van der Waals surface area (Å²) in [4.78, 5) is 12.1. The molecule has 18 heavy (non-hydrogen) atoms. The number of halogens is 1. The molecule has 0 saturated carbocycles. The summed E-state index contributed by atoms with van der Waals surface area (Å²) in [5.41, 5.74) is 0.0840. The maximum atomic E-state index is 12.1. The topological polar surface area (TPSA) is 56.1 Å². The number of terminal acetylenes is 1. The molecule has 0 atom stereocenters.